The molecule has 8 heteroatoms. The Hall–Kier alpha value is -3.44. The Kier molecular flexibility index (Phi) is 5.73. The minimum Gasteiger partial charge on any atom is -0.383 e. The van der Waals surface area contributed by atoms with Crippen molar-refractivity contribution >= 4 is 22.8 Å². The van der Waals surface area contributed by atoms with E-state index < -0.39 is 5.82 Å². The van der Waals surface area contributed by atoms with Crippen LogP contribution in [0.15, 0.2) is 30.7 Å². The summed E-state index contributed by atoms with van der Waals surface area (Å²) in [7, 11) is 2.15. The zero-order valence-corrected chi connectivity index (χ0v) is 18.6. The molecule has 0 unspecified atom stereocenters. The lowest BCUT2D eigenvalue weighted by Gasteiger charge is -2.29. The molecule has 1 aliphatic carbocycles. The molecule has 0 atom stereocenters. The third kappa shape index (κ3) is 4.69. The summed E-state index contributed by atoms with van der Waals surface area (Å²) in [6, 6.07) is 4.50. The van der Waals surface area contributed by atoms with Crippen molar-refractivity contribution in [2.24, 2.45) is 5.92 Å². The number of amides is 1. The molecule has 2 aliphatic rings. The highest BCUT2D eigenvalue weighted by atomic mass is 19.1. The highest BCUT2D eigenvalue weighted by Crippen LogP contribution is 2.26. The number of aromatic nitrogens is 3. The third-order valence-electron chi connectivity index (χ3n) is 6.45. The van der Waals surface area contributed by atoms with Gasteiger partial charge in [-0.15, -0.1) is 0 Å². The SMILES string of the molecule is CN1CCC(Cn2cc(C#Cc3cc(C(=O)NC4CC4)ccc3F)c3c(N)ncnc32)CC1. The molecule has 0 bridgehead atoms. The summed E-state index contributed by atoms with van der Waals surface area (Å²) in [6.07, 6.45) is 7.62. The van der Waals surface area contributed by atoms with E-state index in [1.165, 1.54) is 24.5 Å². The van der Waals surface area contributed by atoms with Gasteiger partial charge in [-0.2, -0.15) is 0 Å². The molecule has 3 aromatic rings. The van der Waals surface area contributed by atoms with E-state index in [1.54, 1.807) is 0 Å². The molecule has 2 fully saturated rings. The maximum atomic E-state index is 14.5. The van der Waals surface area contributed by atoms with Crippen LogP contribution in [0.1, 0.15) is 47.2 Å². The molecule has 0 radical (unpaired) electrons. The van der Waals surface area contributed by atoms with Crippen molar-refractivity contribution in [3.05, 3.63) is 53.2 Å². The van der Waals surface area contributed by atoms with Gasteiger partial charge in [0.2, 0.25) is 0 Å². The van der Waals surface area contributed by atoms with Gasteiger partial charge in [0.1, 0.15) is 23.6 Å². The number of nitrogens with zero attached hydrogens (tertiary/aromatic N) is 4. The quantitative estimate of drug-likeness (QED) is 0.602. The van der Waals surface area contributed by atoms with Gasteiger partial charge in [0.25, 0.3) is 5.91 Å². The lowest BCUT2D eigenvalue weighted by Crippen LogP contribution is -2.31. The van der Waals surface area contributed by atoms with Gasteiger partial charge >= 0.3 is 0 Å². The van der Waals surface area contributed by atoms with E-state index in [0.29, 0.717) is 28.2 Å². The number of hydrogen-bond acceptors (Lipinski definition) is 5. The normalized spacial score (nSPS) is 17.0. The predicted octanol–water partition coefficient (Wildman–Crippen LogP) is 2.79. The van der Waals surface area contributed by atoms with E-state index >= 15 is 0 Å². The fourth-order valence-electron chi connectivity index (χ4n) is 4.30. The van der Waals surface area contributed by atoms with Crippen LogP contribution in [0.2, 0.25) is 0 Å². The highest BCUT2D eigenvalue weighted by molar-refractivity contribution is 5.95. The zero-order chi connectivity index (χ0) is 22.9. The highest BCUT2D eigenvalue weighted by Gasteiger charge is 2.24. The molecule has 5 rings (SSSR count). The third-order valence-corrected chi connectivity index (χ3v) is 6.45. The predicted molar refractivity (Wildman–Crippen MR) is 125 cm³/mol. The summed E-state index contributed by atoms with van der Waals surface area (Å²) in [5.74, 6) is 6.19. The Labute approximate surface area is 192 Å². The second kappa shape index (κ2) is 8.83. The Bertz CT molecular complexity index is 1260. The number of carbonyl (C=O) groups excluding carboxylic acids is 1. The first-order chi connectivity index (χ1) is 16.0. The molecule has 7 nitrogen and oxygen atoms in total. The van der Waals surface area contributed by atoms with Crippen LogP contribution in [-0.2, 0) is 6.54 Å². The van der Waals surface area contributed by atoms with Crippen molar-refractivity contribution < 1.29 is 9.18 Å². The van der Waals surface area contributed by atoms with Crippen molar-refractivity contribution in [2.45, 2.75) is 38.3 Å². The van der Waals surface area contributed by atoms with Gasteiger partial charge in [0.05, 0.1) is 16.5 Å². The molecule has 3 N–H and O–H groups in total. The number of carbonyl (C=O) groups is 1. The molecule has 1 aliphatic heterocycles. The van der Waals surface area contributed by atoms with Crippen LogP contribution < -0.4 is 11.1 Å². The Morgan fingerprint density at radius 1 is 1.18 bits per heavy atom. The molecule has 1 aromatic carbocycles. The molecule has 1 amide bonds. The maximum absolute atomic E-state index is 14.5. The van der Waals surface area contributed by atoms with E-state index in [0.717, 1.165) is 51.0 Å². The minimum absolute atomic E-state index is 0.171. The number of piperidine rings is 1. The van der Waals surface area contributed by atoms with Crippen LogP contribution in [0.5, 0.6) is 0 Å². The summed E-state index contributed by atoms with van der Waals surface area (Å²) >= 11 is 0. The van der Waals surface area contributed by atoms with Gasteiger partial charge in [-0.25, -0.2) is 14.4 Å². The summed E-state index contributed by atoms with van der Waals surface area (Å²) in [5.41, 5.74) is 8.14. The summed E-state index contributed by atoms with van der Waals surface area (Å²) in [4.78, 5) is 23.3. The average molecular weight is 447 g/mol. The van der Waals surface area contributed by atoms with E-state index in [4.69, 9.17) is 5.73 Å². The van der Waals surface area contributed by atoms with Gasteiger partial charge in [-0.3, -0.25) is 4.79 Å². The molecule has 0 spiro atoms. The molecule has 170 valence electrons. The average Bonchev–Trinajstić information content (AvgIpc) is 3.55. The number of anilines is 1. The number of benzene rings is 1. The van der Waals surface area contributed by atoms with Crippen LogP contribution in [0, 0.1) is 23.6 Å². The largest absolute Gasteiger partial charge is 0.383 e. The van der Waals surface area contributed by atoms with Crippen LogP contribution in [-0.4, -0.2) is 51.5 Å². The monoisotopic (exact) mass is 446 g/mol. The molecule has 1 saturated heterocycles. The fraction of sp³-hybridized carbons (Fsp3) is 0.400. The molecule has 3 heterocycles. The van der Waals surface area contributed by atoms with Gasteiger partial charge in [-0.1, -0.05) is 11.8 Å². The summed E-state index contributed by atoms with van der Waals surface area (Å²) in [5, 5.41) is 3.60. The number of nitrogens with two attached hydrogens (primary N) is 1. The van der Waals surface area contributed by atoms with E-state index in [-0.39, 0.29) is 17.5 Å². The molecule has 33 heavy (non-hydrogen) atoms. The molecular weight excluding hydrogens is 419 g/mol. The van der Waals surface area contributed by atoms with Gasteiger partial charge in [-0.05, 0) is 69.9 Å². The maximum Gasteiger partial charge on any atom is 0.251 e. The Morgan fingerprint density at radius 3 is 2.70 bits per heavy atom. The van der Waals surface area contributed by atoms with Crippen LogP contribution in [0.4, 0.5) is 10.2 Å². The number of nitrogens with one attached hydrogen (secondary N) is 1. The van der Waals surface area contributed by atoms with Crippen LogP contribution in [0.3, 0.4) is 0 Å². The molecule has 1 saturated carbocycles. The van der Waals surface area contributed by atoms with Crippen molar-refractivity contribution in [1.82, 2.24) is 24.8 Å². The van der Waals surface area contributed by atoms with E-state index in [1.807, 2.05) is 6.20 Å². The van der Waals surface area contributed by atoms with Crippen molar-refractivity contribution in [3.63, 3.8) is 0 Å². The first-order valence-electron chi connectivity index (χ1n) is 11.4. The summed E-state index contributed by atoms with van der Waals surface area (Å²) < 4.78 is 16.5. The fourth-order valence-corrected chi connectivity index (χ4v) is 4.30. The number of halogens is 1. The molecular formula is C25H27FN6O. The van der Waals surface area contributed by atoms with Crippen LogP contribution in [0.25, 0.3) is 11.0 Å². The zero-order valence-electron chi connectivity index (χ0n) is 18.6. The number of rotatable bonds is 4. The Balaban J connectivity index is 1.46. The smallest absolute Gasteiger partial charge is 0.251 e. The standard InChI is InChI=1S/C25H27FN6O/c1-31-10-8-16(9-11-31)13-32-14-19(22-23(27)28-15-29-24(22)32)3-2-17-12-18(4-7-21(17)26)25(33)30-20-5-6-20/h4,7,12,14-16,20H,5-6,8-11,13H2,1H3,(H,30,33)(H2,27,28,29). The van der Waals surface area contributed by atoms with Crippen molar-refractivity contribution in [3.8, 4) is 11.8 Å². The van der Waals surface area contributed by atoms with Crippen LogP contribution >= 0.6 is 0 Å². The van der Waals surface area contributed by atoms with Gasteiger partial charge < -0.3 is 20.5 Å². The number of hydrogen-bond donors (Lipinski definition) is 2. The second-order valence-electron chi connectivity index (χ2n) is 9.09. The number of nitrogen functional groups attached to an aromatic ring is 1. The lowest BCUT2D eigenvalue weighted by atomic mass is 9.97. The van der Waals surface area contributed by atoms with E-state index in [9.17, 15) is 9.18 Å². The van der Waals surface area contributed by atoms with Gasteiger partial charge in [0, 0.05) is 24.3 Å². The number of likely N-dealkylation sites (tertiary alicyclic amines) is 1. The topological polar surface area (TPSA) is 89.1 Å². The van der Waals surface area contributed by atoms with E-state index in [2.05, 4.69) is 43.6 Å². The van der Waals surface area contributed by atoms with Gasteiger partial charge in [0.15, 0.2) is 0 Å². The lowest BCUT2D eigenvalue weighted by molar-refractivity contribution is 0.0951. The molecule has 2 aromatic heterocycles. The number of fused-ring (bicyclic) bond motifs is 1. The first kappa shape index (κ1) is 21.4. The first-order valence-corrected chi connectivity index (χ1v) is 11.4. The Morgan fingerprint density at radius 2 is 1.94 bits per heavy atom. The van der Waals surface area contributed by atoms with Crippen molar-refractivity contribution in [2.75, 3.05) is 25.9 Å². The summed E-state index contributed by atoms with van der Waals surface area (Å²) in [6.45, 7) is 2.99. The van der Waals surface area contributed by atoms with Crippen molar-refractivity contribution in [1.29, 1.82) is 0 Å². The second-order valence-corrected chi connectivity index (χ2v) is 9.09. The minimum atomic E-state index is -0.468.